The maximum absolute atomic E-state index is 12.9. The number of hydrogen-bond acceptors (Lipinski definition) is 3. The summed E-state index contributed by atoms with van der Waals surface area (Å²) in [6.45, 7) is 7.13. The number of carbonyl (C=O) groups excluding carboxylic acids is 1. The second-order valence-corrected chi connectivity index (χ2v) is 7.11. The molecule has 0 saturated carbocycles. The molecule has 5 heteroatoms. The highest BCUT2D eigenvalue weighted by Gasteiger charge is 2.20. The van der Waals surface area contributed by atoms with Crippen molar-refractivity contribution in [1.82, 2.24) is 10.1 Å². The van der Waals surface area contributed by atoms with Gasteiger partial charge in [-0.1, -0.05) is 53.5 Å². The molecule has 140 valence electrons. The first kappa shape index (κ1) is 19.2. The first-order chi connectivity index (χ1) is 13.0. The lowest BCUT2D eigenvalue weighted by Gasteiger charge is -2.21. The molecule has 0 radical (unpaired) electrons. The van der Waals surface area contributed by atoms with Crippen LogP contribution < -0.4 is 0 Å². The van der Waals surface area contributed by atoms with E-state index in [2.05, 4.69) is 23.4 Å². The van der Waals surface area contributed by atoms with Crippen molar-refractivity contribution in [2.45, 2.75) is 33.7 Å². The van der Waals surface area contributed by atoms with Gasteiger partial charge in [-0.2, -0.15) is 0 Å². The summed E-state index contributed by atoms with van der Waals surface area (Å²) in [5, 5.41) is 4.64. The fourth-order valence-electron chi connectivity index (χ4n) is 3.04. The predicted molar refractivity (Wildman–Crippen MR) is 108 cm³/mol. The second kappa shape index (κ2) is 8.40. The van der Waals surface area contributed by atoms with E-state index in [1.807, 2.05) is 39.0 Å². The van der Waals surface area contributed by atoms with Crippen LogP contribution in [0, 0.1) is 13.8 Å². The maximum atomic E-state index is 12.9. The molecule has 0 spiro atoms. The minimum absolute atomic E-state index is 0.0984. The number of amides is 1. The number of aryl methyl sites for hydroxylation is 2. The molecule has 2 aromatic carbocycles. The summed E-state index contributed by atoms with van der Waals surface area (Å²) in [4.78, 5) is 14.7. The topological polar surface area (TPSA) is 46.3 Å². The molecule has 0 aliphatic carbocycles. The van der Waals surface area contributed by atoms with Gasteiger partial charge in [-0.05, 0) is 44.0 Å². The van der Waals surface area contributed by atoms with Crippen LogP contribution in [0.25, 0.3) is 11.3 Å². The van der Waals surface area contributed by atoms with Crippen molar-refractivity contribution < 1.29 is 9.32 Å². The van der Waals surface area contributed by atoms with Crippen molar-refractivity contribution in [2.75, 3.05) is 6.54 Å². The van der Waals surface area contributed by atoms with Crippen LogP contribution in [0.5, 0.6) is 0 Å². The van der Waals surface area contributed by atoms with Crippen LogP contribution in [0.4, 0.5) is 0 Å². The van der Waals surface area contributed by atoms with E-state index >= 15 is 0 Å². The molecule has 3 rings (SSSR count). The third-order valence-corrected chi connectivity index (χ3v) is 4.78. The molecular formula is C22H23ClN2O2. The normalized spacial score (nSPS) is 10.8. The van der Waals surface area contributed by atoms with Crippen molar-refractivity contribution in [2.24, 2.45) is 0 Å². The van der Waals surface area contributed by atoms with Gasteiger partial charge in [0.25, 0.3) is 5.91 Å². The average Bonchev–Trinajstić information content (AvgIpc) is 3.11. The highest BCUT2D eigenvalue weighted by molar-refractivity contribution is 6.33. The Morgan fingerprint density at radius 2 is 1.93 bits per heavy atom. The molecule has 0 bridgehead atoms. The first-order valence-electron chi connectivity index (χ1n) is 9.06. The van der Waals surface area contributed by atoms with Crippen molar-refractivity contribution >= 4 is 17.5 Å². The van der Waals surface area contributed by atoms with E-state index in [-0.39, 0.29) is 5.91 Å². The van der Waals surface area contributed by atoms with Crippen LogP contribution in [0.1, 0.15) is 40.5 Å². The van der Waals surface area contributed by atoms with E-state index in [4.69, 9.17) is 16.1 Å². The fourth-order valence-corrected chi connectivity index (χ4v) is 3.25. The van der Waals surface area contributed by atoms with Gasteiger partial charge in [-0.25, -0.2) is 0 Å². The van der Waals surface area contributed by atoms with Crippen LogP contribution in [0.2, 0.25) is 5.02 Å². The van der Waals surface area contributed by atoms with Gasteiger partial charge in [0.1, 0.15) is 5.69 Å². The lowest BCUT2D eigenvalue weighted by atomic mass is 10.0. The zero-order valence-electron chi connectivity index (χ0n) is 15.8. The van der Waals surface area contributed by atoms with E-state index in [9.17, 15) is 4.79 Å². The lowest BCUT2D eigenvalue weighted by molar-refractivity contribution is 0.0740. The monoisotopic (exact) mass is 382 g/mol. The SMILES string of the molecule is CCCN(Cc1cc(-c2cc(C)ccc2C)on1)C(=O)c1ccccc1Cl. The molecule has 0 atom stereocenters. The van der Waals surface area contributed by atoms with Gasteiger partial charge in [-0.15, -0.1) is 0 Å². The Hall–Kier alpha value is -2.59. The van der Waals surface area contributed by atoms with Gasteiger partial charge in [0.2, 0.25) is 0 Å². The molecular weight excluding hydrogens is 360 g/mol. The minimum atomic E-state index is -0.0984. The highest BCUT2D eigenvalue weighted by Crippen LogP contribution is 2.26. The quantitative estimate of drug-likeness (QED) is 0.552. The third-order valence-electron chi connectivity index (χ3n) is 4.46. The number of rotatable bonds is 6. The summed E-state index contributed by atoms with van der Waals surface area (Å²) in [5.41, 5.74) is 4.54. The second-order valence-electron chi connectivity index (χ2n) is 6.71. The fraction of sp³-hybridized carbons (Fsp3) is 0.273. The van der Waals surface area contributed by atoms with Crippen molar-refractivity contribution in [1.29, 1.82) is 0 Å². The van der Waals surface area contributed by atoms with E-state index in [1.165, 1.54) is 0 Å². The summed E-state index contributed by atoms with van der Waals surface area (Å²) < 4.78 is 5.56. The summed E-state index contributed by atoms with van der Waals surface area (Å²) in [6.07, 6.45) is 0.845. The molecule has 1 amide bonds. The molecule has 0 N–H and O–H groups in total. The smallest absolute Gasteiger partial charge is 0.255 e. The molecule has 0 aliphatic rings. The highest BCUT2D eigenvalue weighted by atomic mass is 35.5. The zero-order chi connectivity index (χ0) is 19.4. The molecule has 1 heterocycles. The molecule has 0 saturated heterocycles. The Morgan fingerprint density at radius 1 is 1.15 bits per heavy atom. The van der Waals surface area contributed by atoms with Crippen molar-refractivity contribution in [3.05, 3.63) is 75.9 Å². The summed E-state index contributed by atoms with van der Waals surface area (Å²) >= 11 is 6.20. The molecule has 0 aliphatic heterocycles. The molecule has 3 aromatic rings. The van der Waals surface area contributed by atoms with Crippen molar-refractivity contribution in [3.8, 4) is 11.3 Å². The van der Waals surface area contributed by atoms with Crippen LogP contribution in [0.3, 0.4) is 0 Å². The van der Waals surface area contributed by atoms with Crippen LogP contribution in [-0.4, -0.2) is 22.5 Å². The minimum Gasteiger partial charge on any atom is -0.356 e. The Kier molecular flexibility index (Phi) is 5.97. The van der Waals surface area contributed by atoms with Gasteiger partial charge >= 0.3 is 0 Å². The molecule has 4 nitrogen and oxygen atoms in total. The van der Waals surface area contributed by atoms with E-state index in [0.717, 1.165) is 28.8 Å². The van der Waals surface area contributed by atoms with Gasteiger partial charge < -0.3 is 9.42 Å². The summed E-state index contributed by atoms with van der Waals surface area (Å²) in [6, 6.07) is 15.2. The van der Waals surface area contributed by atoms with Gasteiger partial charge in [0.15, 0.2) is 5.76 Å². The molecule has 27 heavy (non-hydrogen) atoms. The van der Waals surface area contributed by atoms with Crippen LogP contribution >= 0.6 is 11.6 Å². The standard InChI is InChI=1S/C22H23ClN2O2/c1-4-11-25(22(26)18-7-5-6-8-20(18)23)14-17-13-21(27-24-17)19-12-15(2)9-10-16(19)3/h5-10,12-13H,4,11,14H2,1-3H3. The number of carbonyl (C=O) groups is 1. The third kappa shape index (κ3) is 4.40. The van der Waals surface area contributed by atoms with Gasteiger partial charge in [0, 0.05) is 18.2 Å². The van der Waals surface area contributed by atoms with E-state index < -0.39 is 0 Å². The molecule has 0 unspecified atom stereocenters. The molecule has 0 fully saturated rings. The number of benzene rings is 2. The van der Waals surface area contributed by atoms with E-state index in [0.29, 0.717) is 29.4 Å². The largest absolute Gasteiger partial charge is 0.356 e. The first-order valence-corrected chi connectivity index (χ1v) is 9.44. The lowest BCUT2D eigenvalue weighted by Crippen LogP contribution is -2.31. The van der Waals surface area contributed by atoms with Crippen molar-refractivity contribution in [3.63, 3.8) is 0 Å². The Morgan fingerprint density at radius 3 is 2.67 bits per heavy atom. The summed E-state index contributed by atoms with van der Waals surface area (Å²) in [5.74, 6) is 0.617. The zero-order valence-corrected chi connectivity index (χ0v) is 16.6. The van der Waals surface area contributed by atoms with Gasteiger partial charge in [0.05, 0.1) is 17.1 Å². The van der Waals surface area contributed by atoms with Gasteiger partial charge in [-0.3, -0.25) is 4.79 Å². The maximum Gasteiger partial charge on any atom is 0.255 e. The number of nitrogens with zero attached hydrogens (tertiary/aromatic N) is 2. The average molecular weight is 383 g/mol. The Balaban J connectivity index is 1.84. The van der Waals surface area contributed by atoms with Crippen LogP contribution in [0.15, 0.2) is 53.1 Å². The molecule has 1 aromatic heterocycles. The Labute approximate surface area is 164 Å². The number of aromatic nitrogens is 1. The summed E-state index contributed by atoms with van der Waals surface area (Å²) in [7, 11) is 0. The number of hydrogen-bond donors (Lipinski definition) is 0. The Bertz CT molecular complexity index is 949. The van der Waals surface area contributed by atoms with E-state index in [1.54, 1.807) is 17.0 Å². The number of halogens is 1. The van der Waals surface area contributed by atoms with Crippen LogP contribution in [-0.2, 0) is 6.54 Å². The predicted octanol–water partition coefficient (Wildman–Crippen LogP) is 5.66.